The van der Waals surface area contributed by atoms with Crippen LogP contribution in [-0.4, -0.2) is 37.3 Å². The van der Waals surface area contributed by atoms with E-state index >= 15 is 0 Å². The van der Waals surface area contributed by atoms with Gasteiger partial charge in [0.2, 0.25) is 5.91 Å². The largest absolute Gasteiger partial charge is 0.494 e. The average molecular weight is 263 g/mol. The topological polar surface area (TPSA) is 46.6 Å². The lowest BCUT2D eigenvalue weighted by Crippen LogP contribution is -2.22. The molecule has 1 aromatic carbocycles. The van der Waals surface area contributed by atoms with Gasteiger partial charge < -0.3 is 9.64 Å². The number of nitrogens with zero attached hydrogens (tertiary/aromatic N) is 1. The van der Waals surface area contributed by atoms with E-state index in [4.69, 9.17) is 4.74 Å². The summed E-state index contributed by atoms with van der Waals surface area (Å²) in [6.07, 6.45) is 1.44. The summed E-state index contributed by atoms with van der Waals surface area (Å²) >= 11 is 0. The number of carbonyl (C=O) groups excluding carboxylic acids is 2. The van der Waals surface area contributed by atoms with Gasteiger partial charge in [0.05, 0.1) is 6.61 Å². The molecule has 0 radical (unpaired) electrons. The summed E-state index contributed by atoms with van der Waals surface area (Å²) in [5, 5.41) is 0. The standard InChI is InChI=1S/C15H21NO3/c1-4-11-19-13-7-5-12(6-8-13)14(17)9-10-15(18)16(2)3/h5-8H,4,9-11H2,1-3H3. The minimum Gasteiger partial charge on any atom is -0.494 e. The number of hydrogen-bond acceptors (Lipinski definition) is 3. The van der Waals surface area contributed by atoms with E-state index in [1.807, 2.05) is 6.92 Å². The van der Waals surface area contributed by atoms with Gasteiger partial charge in [0.1, 0.15) is 5.75 Å². The molecule has 0 saturated carbocycles. The van der Waals surface area contributed by atoms with Crippen molar-refractivity contribution in [1.29, 1.82) is 0 Å². The molecule has 0 spiro atoms. The quantitative estimate of drug-likeness (QED) is 0.710. The molecule has 0 fully saturated rings. The summed E-state index contributed by atoms with van der Waals surface area (Å²) in [7, 11) is 3.37. The number of ether oxygens (including phenoxy) is 1. The van der Waals surface area contributed by atoms with Crippen molar-refractivity contribution in [3.8, 4) is 5.75 Å². The molecule has 4 nitrogen and oxygen atoms in total. The Morgan fingerprint density at radius 3 is 2.26 bits per heavy atom. The molecule has 1 aromatic rings. The maximum atomic E-state index is 11.9. The van der Waals surface area contributed by atoms with E-state index < -0.39 is 0 Å². The fourth-order valence-electron chi connectivity index (χ4n) is 1.55. The Labute approximate surface area is 114 Å². The fraction of sp³-hybridized carbons (Fsp3) is 0.467. The Balaban J connectivity index is 2.51. The third-order valence-corrected chi connectivity index (χ3v) is 2.71. The smallest absolute Gasteiger partial charge is 0.222 e. The average Bonchev–Trinajstić information content (AvgIpc) is 2.42. The number of Topliss-reactive ketones (excluding diaryl/α,β-unsaturated/α-hetero) is 1. The van der Waals surface area contributed by atoms with E-state index in [1.54, 1.807) is 38.4 Å². The molecule has 1 rings (SSSR count). The number of benzene rings is 1. The van der Waals surface area contributed by atoms with Crippen LogP contribution in [-0.2, 0) is 4.79 Å². The van der Waals surface area contributed by atoms with Gasteiger partial charge in [-0.3, -0.25) is 9.59 Å². The van der Waals surface area contributed by atoms with Gasteiger partial charge in [-0.25, -0.2) is 0 Å². The van der Waals surface area contributed by atoms with Crippen LogP contribution >= 0.6 is 0 Å². The molecule has 1 amide bonds. The molecule has 0 aromatic heterocycles. The third kappa shape index (κ3) is 5.12. The van der Waals surface area contributed by atoms with Gasteiger partial charge in [-0.1, -0.05) is 6.92 Å². The molecule has 0 aliphatic heterocycles. The molecule has 0 aliphatic carbocycles. The monoisotopic (exact) mass is 263 g/mol. The van der Waals surface area contributed by atoms with Crippen LogP contribution in [0.4, 0.5) is 0 Å². The number of ketones is 1. The number of amides is 1. The highest BCUT2D eigenvalue weighted by atomic mass is 16.5. The maximum Gasteiger partial charge on any atom is 0.222 e. The van der Waals surface area contributed by atoms with Crippen molar-refractivity contribution in [3.05, 3.63) is 29.8 Å². The van der Waals surface area contributed by atoms with E-state index in [1.165, 1.54) is 4.90 Å². The van der Waals surface area contributed by atoms with Gasteiger partial charge in [0.15, 0.2) is 5.78 Å². The lowest BCUT2D eigenvalue weighted by molar-refractivity contribution is -0.128. The summed E-state index contributed by atoms with van der Waals surface area (Å²) < 4.78 is 5.45. The van der Waals surface area contributed by atoms with Crippen LogP contribution in [0.25, 0.3) is 0 Å². The summed E-state index contributed by atoms with van der Waals surface area (Å²) in [6.45, 7) is 2.71. The zero-order valence-electron chi connectivity index (χ0n) is 11.8. The highest BCUT2D eigenvalue weighted by Gasteiger charge is 2.10. The summed E-state index contributed by atoms with van der Waals surface area (Å²) in [6, 6.07) is 7.06. The number of carbonyl (C=O) groups is 2. The van der Waals surface area contributed by atoms with Gasteiger partial charge in [0.25, 0.3) is 0 Å². The van der Waals surface area contributed by atoms with Crippen LogP contribution in [0.2, 0.25) is 0 Å². The van der Waals surface area contributed by atoms with E-state index in [9.17, 15) is 9.59 Å². The SMILES string of the molecule is CCCOc1ccc(C(=O)CCC(=O)N(C)C)cc1. The Morgan fingerprint density at radius 2 is 1.74 bits per heavy atom. The molecular weight excluding hydrogens is 242 g/mol. The van der Waals surface area contributed by atoms with E-state index in [2.05, 4.69) is 0 Å². The van der Waals surface area contributed by atoms with Crippen molar-refractivity contribution in [3.63, 3.8) is 0 Å². The van der Waals surface area contributed by atoms with Crippen LogP contribution in [0.1, 0.15) is 36.5 Å². The molecule has 19 heavy (non-hydrogen) atoms. The van der Waals surface area contributed by atoms with E-state index in [0.29, 0.717) is 12.2 Å². The Bertz CT molecular complexity index is 424. The Morgan fingerprint density at radius 1 is 1.11 bits per heavy atom. The molecular formula is C15H21NO3. The zero-order valence-corrected chi connectivity index (χ0v) is 11.8. The van der Waals surface area contributed by atoms with Crippen molar-refractivity contribution in [1.82, 2.24) is 4.90 Å². The lowest BCUT2D eigenvalue weighted by Gasteiger charge is -2.09. The van der Waals surface area contributed by atoms with Crippen LogP contribution in [0.3, 0.4) is 0 Å². The first-order valence-corrected chi connectivity index (χ1v) is 6.50. The minimum absolute atomic E-state index is 0.0164. The normalized spacial score (nSPS) is 10.1. The van der Waals surface area contributed by atoms with Gasteiger partial charge >= 0.3 is 0 Å². The molecule has 0 atom stereocenters. The van der Waals surface area contributed by atoms with Gasteiger partial charge in [-0.2, -0.15) is 0 Å². The van der Waals surface area contributed by atoms with Crippen molar-refractivity contribution in [2.75, 3.05) is 20.7 Å². The van der Waals surface area contributed by atoms with Crippen LogP contribution in [0.15, 0.2) is 24.3 Å². The van der Waals surface area contributed by atoms with Gasteiger partial charge in [-0.05, 0) is 30.7 Å². The summed E-state index contributed by atoms with van der Waals surface area (Å²) in [5.74, 6) is 0.719. The predicted molar refractivity (Wildman–Crippen MR) is 74.5 cm³/mol. The van der Waals surface area contributed by atoms with E-state index in [0.717, 1.165) is 12.2 Å². The lowest BCUT2D eigenvalue weighted by atomic mass is 10.1. The predicted octanol–water partition coefficient (Wildman–Crippen LogP) is 2.53. The van der Waals surface area contributed by atoms with Crippen LogP contribution in [0.5, 0.6) is 5.75 Å². The second kappa shape index (κ2) is 7.56. The fourth-order valence-corrected chi connectivity index (χ4v) is 1.55. The molecule has 0 saturated heterocycles. The van der Waals surface area contributed by atoms with Gasteiger partial charge in [-0.15, -0.1) is 0 Å². The van der Waals surface area contributed by atoms with Crippen LogP contribution in [0, 0.1) is 0 Å². The second-order valence-corrected chi connectivity index (χ2v) is 4.58. The van der Waals surface area contributed by atoms with Crippen molar-refractivity contribution >= 4 is 11.7 Å². The first-order valence-electron chi connectivity index (χ1n) is 6.50. The highest BCUT2D eigenvalue weighted by Crippen LogP contribution is 2.14. The molecule has 0 unspecified atom stereocenters. The minimum atomic E-state index is -0.0313. The second-order valence-electron chi connectivity index (χ2n) is 4.58. The van der Waals surface area contributed by atoms with Crippen molar-refractivity contribution in [2.24, 2.45) is 0 Å². The summed E-state index contributed by atoms with van der Waals surface area (Å²) in [5.41, 5.74) is 0.621. The number of hydrogen-bond donors (Lipinski definition) is 0. The van der Waals surface area contributed by atoms with Crippen LogP contribution < -0.4 is 4.74 Å². The maximum absolute atomic E-state index is 11.9. The molecule has 0 N–H and O–H groups in total. The number of rotatable bonds is 7. The Kier molecular flexibility index (Phi) is 6.06. The van der Waals surface area contributed by atoms with E-state index in [-0.39, 0.29) is 24.5 Å². The Hall–Kier alpha value is -1.84. The first kappa shape index (κ1) is 15.2. The van der Waals surface area contributed by atoms with Crippen molar-refractivity contribution < 1.29 is 14.3 Å². The summed E-state index contributed by atoms with van der Waals surface area (Å²) in [4.78, 5) is 24.8. The highest BCUT2D eigenvalue weighted by molar-refractivity contribution is 5.98. The molecule has 0 bridgehead atoms. The third-order valence-electron chi connectivity index (χ3n) is 2.71. The van der Waals surface area contributed by atoms with Crippen molar-refractivity contribution in [2.45, 2.75) is 26.2 Å². The molecule has 0 heterocycles. The zero-order chi connectivity index (χ0) is 14.3. The molecule has 0 aliphatic rings. The molecule has 4 heteroatoms. The first-order chi connectivity index (χ1) is 9.04. The molecule has 104 valence electrons. The van der Waals surface area contributed by atoms with Gasteiger partial charge in [0, 0.05) is 32.5 Å².